The highest BCUT2D eigenvalue weighted by Gasteiger charge is 2.33. The molecule has 2 heterocycles. The topological polar surface area (TPSA) is 45.2 Å². The third-order valence-corrected chi connectivity index (χ3v) is 4.33. The van der Waals surface area contributed by atoms with Crippen molar-refractivity contribution in [2.45, 2.75) is 25.2 Å². The Kier molecular flexibility index (Phi) is 5.22. The van der Waals surface area contributed by atoms with E-state index in [1.807, 2.05) is 4.90 Å². The van der Waals surface area contributed by atoms with Gasteiger partial charge in [0, 0.05) is 19.3 Å². The van der Waals surface area contributed by atoms with Crippen molar-refractivity contribution >= 4 is 17.3 Å². The zero-order chi connectivity index (χ0) is 20.5. The summed E-state index contributed by atoms with van der Waals surface area (Å²) in [5.41, 5.74) is -1.92. The van der Waals surface area contributed by atoms with Crippen molar-refractivity contribution < 1.29 is 31.1 Å². The normalized spacial score (nSPS) is 15.0. The van der Waals surface area contributed by atoms with Gasteiger partial charge in [-0.05, 0) is 43.2 Å². The second kappa shape index (κ2) is 7.33. The highest BCUT2D eigenvalue weighted by Crippen LogP contribution is 2.36. The molecule has 0 bridgehead atoms. The summed E-state index contributed by atoms with van der Waals surface area (Å²) in [7, 11) is 0. The summed E-state index contributed by atoms with van der Waals surface area (Å²) in [6.45, 7) is 1.27. The van der Waals surface area contributed by atoms with Crippen molar-refractivity contribution in [1.29, 1.82) is 0 Å². The Morgan fingerprint density at radius 2 is 1.64 bits per heavy atom. The Hall–Kier alpha value is -2.78. The van der Waals surface area contributed by atoms with E-state index >= 15 is 0 Å². The summed E-state index contributed by atoms with van der Waals surface area (Å²) in [4.78, 5) is 17.4. The molecule has 1 aliphatic heterocycles. The Bertz CT molecular complexity index is 855. The average Bonchev–Trinajstić information content (AvgIpc) is 3.14. The van der Waals surface area contributed by atoms with Gasteiger partial charge in [0.15, 0.2) is 0 Å². The van der Waals surface area contributed by atoms with Gasteiger partial charge in [-0.3, -0.25) is 9.78 Å². The predicted octanol–water partition coefficient (Wildman–Crippen LogP) is 4.97. The monoisotopic (exact) mass is 403 g/mol. The number of hydrogen-bond acceptors (Lipinski definition) is 3. The molecule has 28 heavy (non-hydrogen) atoms. The first-order valence-electron chi connectivity index (χ1n) is 8.36. The molecule has 150 valence electrons. The summed E-state index contributed by atoms with van der Waals surface area (Å²) in [6.07, 6.45) is -6.77. The van der Waals surface area contributed by atoms with Crippen molar-refractivity contribution in [3.63, 3.8) is 0 Å². The number of hydrogen-bond donors (Lipinski definition) is 1. The highest BCUT2D eigenvalue weighted by molar-refractivity contribution is 6.05. The number of pyridine rings is 1. The third-order valence-electron chi connectivity index (χ3n) is 4.33. The van der Waals surface area contributed by atoms with E-state index in [2.05, 4.69) is 10.3 Å². The number of alkyl halides is 6. The summed E-state index contributed by atoms with van der Waals surface area (Å²) in [6, 6.07) is 4.61. The van der Waals surface area contributed by atoms with E-state index in [4.69, 9.17) is 0 Å². The van der Waals surface area contributed by atoms with E-state index in [1.165, 1.54) is 6.07 Å². The Labute approximate surface area is 156 Å². The molecule has 1 aromatic carbocycles. The molecule has 1 fully saturated rings. The summed E-state index contributed by atoms with van der Waals surface area (Å²) in [5, 5.41) is 2.37. The number of carbonyl (C=O) groups excluding carboxylic acids is 1. The lowest BCUT2D eigenvalue weighted by Crippen LogP contribution is -2.22. The van der Waals surface area contributed by atoms with E-state index in [9.17, 15) is 31.1 Å². The van der Waals surface area contributed by atoms with Gasteiger partial charge in [-0.2, -0.15) is 26.3 Å². The number of carbonyl (C=O) groups is 1. The van der Waals surface area contributed by atoms with Crippen LogP contribution in [0.25, 0.3) is 0 Å². The molecule has 0 atom stereocenters. The first-order valence-corrected chi connectivity index (χ1v) is 8.36. The van der Waals surface area contributed by atoms with Crippen LogP contribution in [0.1, 0.15) is 34.5 Å². The van der Waals surface area contributed by atoms with Gasteiger partial charge >= 0.3 is 12.4 Å². The molecular weight excluding hydrogens is 388 g/mol. The van der Waals surface area contributed by atoms with Gasteiger partial charge < -0.3 is 10.2 Å². The van der Waals surface area contributed by atoms with Gasteiger partial charge in [0.1, 0.15) is 5.69 Å². The van der Waals surface area contributed by atoms with Crippen molar-refractivity contribution in [1.82, 2.24) is 4.98 Å². The lowest BCUT2D eigenvalue weighted by Gasteiger charge is -2.23. The average molecular weight is 403 g/mol. The molecule has 1 aliphatic rings. The van der Waals surface area contributed by atoms with E-state index < -0.39 is 29.5 Å². The van der Waals surface area contributed by atoms with Crippen LogP contribution in [0.2, 0.25) is 0 Å². The summed E-state index contributed by atoms with van der Waals surface area (Å²) >= 11 is 0. The number of nitrogens with one attached hydrogen (secondary N) is 1. The standard InChI is InChI=1S/C18H15F6N3O/c19-17(20,21)12-4-5-14(27-7-1-2-8-27)13(9-12)26-16(28)11-3-6-15(25-10-11)18(22,23)24/h3-6,9-10H,1-2,7-8H2,(H,26,28). The lowest BCUT2D eigenvalue weighted by molar-refractivity contribution is -0.141. The number of halogens is 6. The van der Waals surface area contributed by atoms with Crippen molar-refractivity contribution in [3.8, 4) is 0 Å². The fraction of sp³-hybridized carbons (Fsp3) is 0.333. The fourth-order valence-electron chi connectivity index (χ4n) is 2.94. The van der Waals surface area contributed by atoms with Gasteiger partial charge in [-0.25, -0.2) is 0 Å². The van der Waals surface area contributed by atoms with Gasteiger partial charge in [0.2, 0.25) is 0 Å². The van der Waals surface area contributed by atoms with Crippen LogP contribution in [-0.4, -0.2) is 24.0 Å². The van der Waals surface area contributed by atoms with Crippen LogP contribution in [0.15, 0.2) is 36.5 Å². The first-order chi connectivity index (χ1) is 13.1. The molecule has 4 nitrogen and oxygen atoms in total. The van der Waals surface area contributed by atoms with Gasteiger partial charge in [0.05, 0.1) is 22.5 Å². The molecule has 0 spiro atoms. The zero-order valence-electron chi connectivity index (χ0n) is 14.4. The van der Waals surface area contributed by atoms with Crippen LogP contribution in [0.4, 0.5) is 37.7 Å². The quantitative estimate of drug-likeness (QED) is 0.736. The molecule has 2 aromatic rings. The van der Waals surface area contributed by atoms with Crippen LogP contribution >= 0.6 is 0 Å². The van der Waals surface area contributed by atoms with Crippen LogP contribution in [-0.2, 0) is 12.4 Å². The molecule has 0 unspecified atom stereocenters. The number of benzene rings is 1. The maximum atomic E-state index is 13.1. The van der Waals surface area contributed by atoms with Crippen LogP contribution in [0.3, 0.4) is 0 Å². The number of anilines is 2. The number of nitrogens with zero attached hydrogens (tertiary/aromatic N) is 2. The summed E-state index contributed by atoms with van der Waals surface area (Å²) < 4.78 is 76.9. The Morgan fingerprint density at radius 3 is 2.18 bits per heavy atom. The van der Waals surface area contributed by atoms with E-state index in [0.717, 1.165) is 37.2 Å². The molecule has 10 heteroatoms. The maximum Gasteiger partial charge on any atom is 0.433 e. The van der Waals surface area contributed by atoms with Gasteiger partial charge in [-0.15, -0.1) is 0 Å². The second-order valence-corrected chi connectivity index (χ2v) is 6.31. The first kappa shape index (κ1) is 20.0. The van der Waals surface area contributed by atoms with Crippen molar-refractivity contribution in [2.75, 3.05) is 23.3 Å². The molecule has 0 radical (unpaired) electrons. The lowest BCUT2D eigenvalue weighted by atomic mass is 10.1. The molecule has 1 N–H and O–H groups in total. The van der Waals surface area contributed by atoms with Crippen molar-refractivity contribution in [2.24, 2.45) is 0 Å². The maximum absolute atomic E-state index is 13.1. The number of rotatable bonds is 3. The summed E-state index contributed by atoms with van der Waals surface area (Å²) in [5.74, 6) is -0.846. The minimum Gasteiger partial charge on any atom is -0.370 e. The molecule has 1 aromatic heterocycles. The molecule has 1 saturated heterocycles. The van der Waals surface area contributed by atoms with Gasteiger partial charge in [0.25, 0.3) is 5.91 Å². The molecule has 3 rings (SSSR count). The van der Waals surface area contributed by atoms with Crippen LogP contribution in [0.5, 0.6) is 0 Å². The number of amides is 1. The van der Waals surface area contributed by atoms with Crippen LogP contribution in [0, 0.1) is 0 Å². The fourth-order valence-corrected chi connectivity index (χ4v) is 2.94. The van der Waals surface area contributed by atoms with E-state index in [-0.39, 0.29) is 11.3 Å². The highest BCUT2D eigenvalue weighted by atomic mass is 19.4. The zero-order valence-corrected chi connectivity index (χ0v) is 14.4. The van der Waals surface area contributed by atoms with E-state index in [0.29, 0.717) is 24.8 Å². The molecule has 1 amide bonds. The second-order valence-electron chi connectivity index (χ2n) is 6.31. The Morgan fingerprint density at radius 1 is 0.964 bits per heavy atom. The SMILES string of the molecule is O=C(Nc1cc(C(F)(F)F)ccc1N1CCCC1)c1ccc(C(F)(F)F)nc1. The van der Waals surface area contributed by atoms with Gasteiger partial charge in [-0.1, -0.05) is 0 Å². The molecule has 0 aliphatic carbocycles. The largest absolute Gasteiger partial charge is 0.433 e. The van der Waals surface area contributed by atoms with Crippen molar-refractivity contribution in [3.05, 3.63) is 53.3 Å². The minimum atomic E-state index is -4.65. The Balaban J connectivity index is 1.89. The smallest absolute Gasteiger partial charge is 0.370 e. The molecule has 0 saturated carbocycles. The third kappa shape index (κ3) is 4.37. The number of aromatic nitrogens is 1. The minimum absolute atomic E-state index is 0.0541. The van der Waals surface area contributed by atoms with E-state index in [1.54, 1.807) is 0 Å². The molecular formula is C18H15F6N3O. The van der Waals surface area contributed by atoms with Crippen LogP contribution < -0.4 is 10.2 Å². The predicted molar refractivity (Wildman–Crippen MR) is 90.1 cm³/mol.